The second-order valence-electron chi connectivity index (χ2n) is 3.53. The first-order valence-electron chi connectivity index (χ1n) is 5.12. The molecule has 4 heteroatoms. The van der Waals surface area contributed by atoms with E-state index >= 15 is 0 Å². The third kappa shape index (κ3) is 3.20. The van der Waals surface area contributed by atoms with E-state index in [0.29, 0.717) is 17.3 Å². The van der Waals surface area contributed by atoms with Gasteiger partial charge in [0.05, 0.1) is 0 Å². The number of halogens is 1. The Morgan fingerprint density at radius 1 is 1.29 bits per heavy atom. The number of nitriles is 1. The summed E-state index contributed by atoms with van der Waals surface area (Å²) in [6.45, 7) is 0.636. The average molecular weight is 244 g/mol. The summed E-state index contributed by atoms with van der Waals surface area (Å²) in [6, 6.07) is 13.2. The number of rotatable bonds is 3. The van der Waals surface area contributed by atoms with Gasteiger partial charge in [-0.1, -0.05) is 17.7 Å². The van der Waals surface area contributed by atoms with Crippen LogP contribution in [-0.2, 0) is 6.54 Å². The van der Waals surface area contributed by atoms with Crippen molar-refractivity contribution in [1.82, 2.24) is 4.98 Å². The second-order valence-corrected chi connectivity index (χ2v) is 3.96. The zero-order chi connectivity index (χ0) is 12.1. The molecule has 0 saturated carbocycles. The largest absolute Gasteiger partial charge is 0.381 e. The van der Waals surface area contributed by atoms with Gasteiger partial charge in [0.25, 0.3) is 0 Å². The van der Waals surface area contributed by atoms with Crippen molar-refractivity contribution in [1.29, 1.82) is 5.26 Å². The molecule has 1 heterocycles. The summed E-state index contributed by atoms with van der Waals surface area (Å²) in [5, 5.41) is 12.7. The summed E-state index contributed by atoms with van der Waals surface area (Å²) in [6.07, 6.45) is 1.63. The van der Waals surface area contributed by atoms with Crippen LogP contribution in [-0.4, -0.2) is 4.98 Å². The first-order chi connectivity index (χ1) is 8.28. The number of nitrogens with one attached hydrogen (secondary N) is 1. The first kappa shape index (κ1) is 11.4. The van der Waals surface area contributed by atoms with Crippen molar-refractivity contribution in [3.05, 3.63) is 58.9 Å². The molecule has 0 aliphatic heterocycles. The minimum absolute atomic E-state index is 0.426. The minimum atomic E-state index is 0.426. The predicted molar refractivity (Wildman–Crippen MR) is 67.7 cm³/mol. The SMILES string of the molecule is N#Cc1cc(CNc2cccc(Cl)c2)ccn1. The summed E-state index contributed by atoms with van der Waals surface area (Å²) < 4.78 is 0. The molecular weight excluding hydrogens is 234 g/mol. The first-order valence-corrected chi connectivity index (χ1v) is 5.50. The van der Waals surface area contributed by atoms with Gasteiger partial charge >= 0.3 is 0 Å². The summed E-state index contributed by atoms with van der Waals surface area (Å²) in [5.41, 5.74) is 2.39. The Labute approximate surface area is 105 Å². The monoisotopic (exact) mass is 243 g/mol. The van der Waals surface area contributed by atoms with Crippen LogP contribution in [0.1, 0.15) is 11.3 Å². The molecule has 0 aliphatic carbocycles. The number of hydrogen-bond acceptors (Lipinski definition) is 3. The van der Waals surface area contributed by atoms with Crippen molar-refractivity contribution in [2.45, 2.75) is 6.54 Å². The van der Waals surface area contributed by atoms with Crippen LogP contribution in [0.2, 0.25) is 5.02 Å². The Hall–Kier alpha value is -2.05. The standard InChI is InChI=1S/C13H10ClN3/c14-11-2-1-3-12(7-11)17-9-10-4-5-16-13(6-10)8-15/h1-7,17H,9H2. The van der Waals surface area contributed by atoms with Crippen LogP contribution >= 0.6 is 11.6 Å². The van der Waals surface area contributed by atoms with E-state index in [1.165, 1.54) is 0 Å². The summed E-state index contributed by atoms with van der Waals surface area (Å²) >= 11 is 5.88. The molecule has 1 N–H and O–H groups in total. The number of benzene rings is 1. The zero-order valence-corrected chi connectivity index (χ0v) is 9.78. The molecule has 0 spiro atoms. The molecule has 2 rings (SSSR count). The molecule has 3 nitrogen and oxygen atoms in total. The Morgan fingerprint density at radius 3 is 2.94 bits per heavy atom. The molecule has 17 heavy (non-hydrogen) atoms. The lowest BCUT2D eigenvalue weighted by Gasteiger charge is -2.06. The van der Waals surface area contributed by atoms with Crippen molar-refractivity contribution >= 4 is 17.3 Å². The van der Waals surface area contributed by atoms with Crippen LogP contribution in [0, 0.1) is 11.3 Å². The Morgan fingerprint density at radius 2 is 2.18 bits per heavy atom. The van der Waals surface area contributed by atoms with Crippen LogP contribution in [0.15, 0.2) is 42.6 Å². The lowest BCUT2D eigenvalue weighted by atomic mass is 10.2. The summed E-state index contributed by atoms with van der Waals surface area (Å²) in [5.74, 6) is 0. The number of anilines is 1. The number of hydrogen-bond donors (Lipinski definition) is 1. The maximum absolute atomic E-state index is 8.73. The molecule has 0 fully saturated rings. The lowest BCUT2D eigenvalue weighted by Crippen LogP contribution is -2.00. The van der Waals surface area contributed by atoms with Gasteiger partial charge in [-0.3, -0.25) is 0 Å². The summed E-state index contributed by atoms with van der Waals surface area (Å²) in [4.78, 5) is 3.92. The van der Waals surface area contributed by atoms with Crippen molar-refractivity contribution in [3.8, 4) is 6.07 Å². The quantitative estimate of drug-likeness (QED) is 0.901. The zero-order valence-electron chi connectivity index (χ0n) is 9.02. The van der Waals surface area contributed by atoms with Crippen LogP contribution < -0.4 is 5.32 Å². The molecule has 0 atom stereocenters. The minimum Gasteiger partial charge on any atom is -0.381 e. The third-order valence-corrected chi connectivity index (χ3v) is 2.50. The van der Waals surface area contributed by atoms with E-state index in [-0.39, 0.29) is 0 Å². The average Bonchev–Trinajstić information content (AvgIpc) is 2.37. The fourth-order valence-corrected chi connectivity index (χ4v) is 1.64. The van der Waals surface area contributed by atoms with Crippen LogP contribution in [0.4, 0.5) is 5.69 Å². The van der Waals surface area contributed by atoms with E-state index in [9.17, 15) is 0 Å². The molecule has 0 radical (unpaired) electrons. The fourth-order valence-electron chi connectivity index (χ4n) is 1.45. The van der Waals surface area contributed by atoms with Gasteiger partial charge in [-0.05, 0) is 35.9 Å². The van der Waals surface area contributed by atoms with Gasteiger partial charge in [-0.15, -0.1) is 0 Å². The van der Waals surface area contributed by atoms with E-state index < -0.39 is 0 Å². The highest BCUT2D eigenvalue weighted by atomic mass is 35.5. The van der Waals surface area contributed by atoms with Crippen molar-refractivity contribution < 1.29 is 0 Å². The molecule has 1 aromatic carbocycles. The van der Waals surface area contributed by atoms with E-state index in [1.807, 2.05) is 36.4 Å². The maximum atomic E-state index is 8.73. The smallest absolute Gasteiger partial charge is 0.140 e. The van der Waals surface area contributed by atoms with E-state index in [4.69, 9.17) is 16.9 Å². The second kappa shape index (κ2) is 5.33. The lowest BCUT2D eigenvalue weighted by molar-refractivity contribution is 1.12. The number of nitrogens with zero attached hydrogens (tertiary/aromatic N) is 2. The van der Waals surface area contributed by atoms with Gasteiger partial charge in [0.1, 0.15) is 11.8 Å². The van der Waals surface area contributed by atoms with Gasteiger partial charge < -0.3 is 5.32 Å². The van der Waals surface area contributed by atoms with E-state index in [2.05, 4.69) is 10.3 Å². The Kier molecular flexibility index (Phi) is 3.59. The van der Waals surface area contributed by atoms with E-state index in [1.54, 1.807) is 12.3 Å². The molecular formula is C13H10ClN3. The highest BCUT2D eigenvalue weighted by Gasteiger charge is 1.97. The van der Waals surface area contributed by atoms with Gasteiger partial charge in [0, 0.05) is 23.5 Å². The van der Waals surface area contributed by atoms with Crippen molar-refractivity contribution in [2.75, 3.05) is 5.32 Å². The van der Waals surface area contributed by atoms with Gasteiger partial charge in [0.2, 0.25) is 0 Å². The van der Waals surface area contributed by atoms with Gasteiger partial charge in [-0.2, -0.15) is 5.26 Å². The van der Waals surface area contributed by atoms with Crippen LogP contribution in [0.25, 0.3) is 0 Å². The number of pyridine rings is 1. The Bertz CT molecular complexity index is 561. The van der Waals surface area contributed by atoms with Crippen molar-refractivity contribution in [3.63, 3.8) is 0 Å². The molecule has 0 amide bonds. The number of aromatic nitrogens is 1. The van der Waals surface area contributed by atoms with Gasteiger partial charge in [-0.25, -0.2) is 4.98 Å². The maximum Gasteiger partial charge on any atom is 0.140 e. The molecule has 1 aromatic heterocycles. The molecule has 2 aromatic rings. The fraction of sp³-hybridized carbons (Fsp3) is 0.0769. The predicted octanol–water partition coefficient (Wildman–Crippen LogP) is 3.22. The van der Waals surface area contributed by atoms with Crippen LogP contribution in [0.5, 0.6) is 0 Å². The van der Waals surface area contributed by atoms with E-state index in [0.717, 1.165) is 11.3 Å². The summed E-state index contributed by atoms with van der Waals surface area (Å²) in [7, 11) is 0. The highest BCUT2D eigenvalue weighted by Crippen LogP contribution is 2.15. The Balaban J connectivity index is 2.05. The third-order valence-electron chi connectivity index (χ3n) is 2.26. The van der Waals surface area contributed by atoms with Gasteiger partial charge in [0.15, 0.2) is 0 Å². The molecule has 0 aliphatic rings. The molecule has 0 saturated heterocycles. The normalized spacial score (nSPS) is 9.65. The topological polar surface area (TPSA) is 48.7 Å². The highest BCUT2D eigenvalue weighted by molar-refractivity contribution is 6.30. The molecule has 84 valence electrons. The molecule has 0 unspecified atom stereocenters. The molecule has 0 bridgehead atoms. The van der Waals surface area contributed by atoms with Crippen molar-refractivity contribution in [2.24, 2.45) is 0 Å². The van der Waals surface area contributed by atoms with Crippen LogP contribution in [0.3, 0.4) is 0 Å².